The summed E-state index contributed by atoms with van der Waals surface area (Å²) in [5.41, 5.74) is 8.55. The number of hydrogen-bond donors (Lipinski definition) is 1. The zero-order valence-electron chi connectivity index (χ0n) is 10.8. The van der Waals surface area contributed by atoms with E-state index in [0.717, 1.165) is 22.8 Å². The molecule has 2 N–H and O–H groups in total. The van der Waals surface area contributed by atoms with Crippen molar-refractivity contribution in [3.05, 3.63) is 46.4 Å². The number of furan rings is 1. The summed E-state index contributed by atoms with van der Waals surface area (Å²) in [5, 5.41) is 0.582. The molecule has 1 aromatic heterocycles. The normalized spacial score (nSPS) is 10.7. The van der Waals surface area contributed by atoms with Crippen LogP contribution in [-0.2, 0) is 6.54 Å². The summed E-state index contributed by atoms with van der Waals surface area (Å²) in [4.78, 5) is 2.10. The molecule has 3 nitrogen and oxygen atoms in total. The fraction of sp³-hybridized carbons (Fsp3) is 0.286. The number of aryl methyl sites for hydroxylation is 2. The molecule has 0 spiro atoms. The molecule has 0 aliphatic carbocycles. The van der Waals surface area contributed by atoms with Crippen LogP contribution in [0.5, 0.6) is 0 Å². The third-order valence-corrected chi connectivity index (χ3v) is 3.24. The predicted molar refractivity (Wildman–Crippen MR) is 76.2 cm³/mol. The van der Waals surface area contributed by atoms with Gasteiger partial charge in [-0.1, -0.05) is 11.6 Å². The molecule has 4 heteroatoms. The molecule has 0 saturated heterocycles. The second-order valence-corrected chi connectivity index (χ2v) is 4.94. The quantitative estimate of drug-likeness (QED) is 0.858. The van der Waals surface area contributed by atoms with Crippen molar-refractivity contribution in [2.75, 3.05) is 17.7 Å². The van der Waals surface area contributed by atoms with E-state index >= 15 is 0 Å². The maximum Gasteiger partial charge on any atom is 0.123 e. The third-order valence-electron chi connectivity index (χ3n) is 2.92. The Morgan fingerprint density at radius 1 is 1.28 bits per heavy atom. The SMILES string of the molecule is Cc1ccc(CN(C)c2cc(Cl)c(N)cc2C)o1. The van der Waals surface area contributed by atoms with Crippen LogP contribution < -0.4 is 10.6 Å². The maximum atomic E-state index is 6.06. The second-order valence-electron chi connectivity index (χ2n) is 4.53. The fourth-order valence-corrected chi connectivity index (χ4v) is 2.15. The monoisotopic (exact) mass is 264 g/mol. The zero-order chi connectivity index (χ0) is 13.3. The molecule has 0 unspecified atom stereocenters. The van der Waals surface area contributed by atoms with Gasteiger partial charge in [-0.3, -0.25) is 0 Å². The number of benzene rings is 1. The van der Waals surface area contributed by atoms with Gasteiger partial charge >= 0.3 is 0 Å². The molecule has 0 bridgehead atoms. The molecule has 0 fully saturated rings. The highest BCUT2D eigenvalue weighted by atomic mass is 35.5. The van der Waals surface area contributed by atoms with Crippen molar-refractivity contribution >= 4 is 23.0 Å². The van der Waals surface area contributed by atoms with Gasteiger partial charge in [0.1, 0.15) is 11.5 Å². The smallest absolute Gasteiger partial charge is 0.123 e. The predicted octanol–water partition coefficient (Wildman–Crippen LogP) is 3.77. The molecule has 18 heavy (non-hydrogen) atoms. The number of rotatable bonds is 3. The lowest BCUT2D eigenvalue weighted by atomic mass is 10.1. The van der Waals surface area contributed by atoms with Crippen LogP contribution in [0.15, 0.2) is 28.7 Å². The van der Waals surface area contributed by atoms with E-state index in [1.54, 1.807) is 0 Å². The molecular weight excluding hydrogens is 248 g/mol. The summed E-state index contributed by atoms with van der Waals surface area (Å²) < 4.78 is 5.57. The van der Waals surface area contributed by atoms with E-state index in [1.807, 2.05) is 45.2 Å². The molecule has 0 aliphatic rings. The van der Waals surface area contributed by atoms with Gasteiger partial charge in [0.05, 0.1) is 17.3 Å². The Hall–Kier alpha value is -1.61. The highest BCUT2D eigenvalue weighted by Gasteiger charge is 2.10. The number of nitrogens with two attached hydrogens (primary N) is 1. The summed E-state index contributed by atoms with van der Waals surface area (Å²) in [6.45, 7) is 4.66. The lowest BCUT2D eigenvalue weighted by molar-refractivity contribution is 0.481. The van der Waals surface area contributed by atoms with E-state index in [4.69, 9.17) is 21.8 Å². The topological polar surface area (TPSA) is 42.4 Å². The van der Waals surface area contributed by atoms with E-state index in [9.17, 15) is 0 Å². The first kappa shape index (κ1) is 12.8. The fourth-order valence-electron chi connectivity index (χ4n) is 1.99. The Balaban J connectivity index is 2.23. The van der Waals surface area contributed by atoms with Gasteiger partial charge in [-0.2, -0.15) is 0 Å². The van der Waals surface area contributed by atoms with E-state index < -0.39 is 0 Å². The van der Waals surface area contributed by atoms with E-state index in [2.05, 4.69) is 4.90 Å². The van der Waals surface area contributed by atoms with Gasteiger partial charge < -0.3 is 15.1 Å². The van der Waals surface area contributed by atoms with Crippen molar-refractivity contribution in [1.82, 2.24) is 0 Å². The van der Waals surface area contributed by atoms with Crippen LogP contribution in [0.3, 0.4) is 0 Å². The van der Waals surface area contributed by atoms with Crippen LogP contribution in [0, 0.1) is 13.8 Å². The Morgan fingerprint density at radius 3 is 2.61 bits per heavy atom. The number of nitrogen functional groups attached to an aromatic ring is 1. The first-order valence-corrected chi connectivity index (χ1v) is 6.17. The Kier molecular flexibility index (Phi) is 3.53. The molecule has 0 saturated carbocycles. The van der Waals surface area contributed by atoms with Gasteiger partial charge in [0.2, 0.25) is 0 Å². The first-order chi connectivity index (χ1) is 8.47. The minimum Gasteiger partial charge on any atom is -0.464 e. The standard InChI is InChI=1S/C14H17ClN2O/c1-9-6-13(16)12(15)7-14(9)17(3)8-11-5-4-10(2)18-11/h4-7H,8,16H2,1-3H3. The largest absolute Gasteiger partial charge is 0.464 e. The molecule has 0 atom stereocenters. The molecule has 1 heterocycles. The molecule has 1 aromatic carbocycles. The Bertz CT molecular complexity index is 563. The maximum absolute atomic E-state index is 6.06. The number of anilines is 2. The van der Waals surface area contributed by atoms with Crippen LogP contribution >= 0.6 is 11.6 Å². The van der Waals surface area contributed by atoms with Crippen molar-refractivity contribution in [1.29, 1.82) is 0 Å². The number of halogens is 1. The molecular formula is C14H17ClN2O. The lowest BCUT2D eigenvalue weighted by Gasteiger charge is -2.21. The average molecular weight is 265 g/mol. The van der Waals surface area contributed by atoms with Crippen LogP contribution in [0.4, 0.5) is 11.4 Å². The molecule has 0 radical (unpaired) electrons. The van der Waals surface area contributed by atoms with Crippen molar-refractivity contribution in [2.24, 2.45) is 0 Å². The summed E-state index contributed by atoms with van der Waals surface area (Å²) in [7, 11) is 2.01. The van der Waals surface area contributed by atoms with E-state index in [-0.39, 0.29) is 0 Å². The van der Waals surface area contributed by atoms with Gasteiger partial charge in [-0.05, 0) is 43.7 Å². The Morgan fingerprint density at radius 2 is 2.00 bits per heavy atom. The van der Waals surface area contributed by atoms with Crippen LogP contribution in [-0.4, -0.2) is 7.05 Å². The summed E-state index contributed by atoms with van der Waals surface area (Å²) in [6.07, 6.45) is 0. The van der Waals surface area contributed by atoms with Crippen LogP contribution in [0.2, 0.25) is 5.02 Å². The molecule has 0 aliphatic heterocycles. The molecule has 0 amide bonds. The molecule has 2 rings (SSSR count). The van der Waals surface area contributed by atoms with Crippen molar-refractivity contribution in [3.8, 4) is 0 Å². The summed E-state index contributed by atoms with van der Waals surface area (Å²) in [6, 6.07) is 7.73. The second kappa shape index (κ2) is 4.94. The van der Waals surface area contributed by atoms with Crippen molar-refractivity contribution in [3.63, 3.8) is 0 Å². The number of nitrogens with zero attached hydrogens (tertiary/aromatic N) is 1. The summed E-state index contributed by atoms with van der Waals surface area (Å²) in [5.74, 6) is 1.85. The van der Waals surface area contributed by atoms with Gasteiger partial charge in [0, 0.05) is 12.7 Å². The number of hydrogen-bond acceptors (Lipinski definition) is 3. The van der Waals surface area contributed by atoms with E-state index in [0.29, 0.717) is 17.3 Å². The molecule has 2 aromatic rings. The van der Waals surface area contributed by atoms with Gasteiger partial charge in [0.15, 0.2) is 0 Å². The van der Waals surface area contributed by atoms with Gasteiger partial charge in [0.25, 0.3) is 0 Å². The van der Waals surface area contributed by atoms with Gasteiger partial charge in [-0.25, -0.2) is 0 Å². The Labute approximate surface area is 112 Å². The highest BCUT2D eigenvalue weighted by Crippen LogP contribution is 2.29. The average Bonchev–Trinajstić information content (AvgIpc) is 2.69. The van der Waals surface area contributed by atoms with Crippen LogP contribution in [0.1, 0.15) is 17.1 Å². The summed E-state index contributed by atoms with van der Waals surface area (Å²) >= 11 is 6.06. The zero-order valence-corrected chi connectivity index (χ0v) is 11.6. The highest BCUT2D eigenvalue weighted by molar-refractivity contribution is 6.33. The first-order valence-electron chi connectivity index (χ1n) is 5.79. The minimum atomic E-state index is 0.582. The van der Waals surface area contributed by atoms with Crippen LogP contribution in [0.25, 0.3) is 0 Å². The minimum absolute atomic E-state index is 0.582. The van der Waals surface area contributed by atoms with Gasteiger partial charge in [-0.15, -0.1) is 0 Å². The molecule has 96 valence electrons. The van der Waals surface area contributed by atoms with Crippen molar-refractivity contribution < 1.29 is 4.42 Å². The van der Waals surface area contributed by atoms with E-state index in [1.165, 1.54) is 0 Å². The van der Waals surface area contributed by atoms with Crippen molar-refractivity contribution in [2.45, 2.75) is 20.4 Å². The lowest BCUT2D eigenvalue weighted by Crippen LogP contribution is -2.17. The third kappa shape index (κ3) is 2.62.